The molecule has 5 nitrogen and oxygen atoms in total. The number of hydrogen-bond donors (Lipinski definition) is 1. The van der Waals surface area contributed by atoms with E-state index in [0.717, 1.165) is 22.2 Å². The van der Waals surface area contributed by atoms with Crippen LogP contribution in [-0.2, 0) is 6.54 Å². The molecule has 118 valence electrons. The van der Waals surface area contributed by atoms with Gasteiger partial charge in [-0.2, -0.15) is 0 Å². The van der Waals surface area contributed by atoms with E-state index in [1.807, 2.05) is 47.0 Å². The van der Waals surface area contributed by atoms with Crippen molar-refractivity contribution in [1.29, 1.82) is 0 Å². The molecule has 0 unspecified atom stereocenters. The number of benzene rings is 1. The topological polar surface area (TPSA) is 59.3 Å². The van der Waals surface area contributed by atoms with Crippen LogP contribution in [-0.4, -0.2) is 20.3 Å². The van der Waals surface area contributed by atoms with Crippen molar-refractivity contribution in [2.75, 3.05) is 0 Å². The number of nitrogens with one attached hydrogen (secondary N) is 1. The quantitative estimate of drug-likeness (QED) is 0.623. The van der Waals surface area contributed by atoms with E-state index in [0.29, 0.717) is 17.3 Å². The number of aromatic nitrogens is 3. The Balaban J connectivity index is 1.52. The van der Waals surface area contributed by atoms with Crippen LogP contribution in [0.5, 0.6) is 0 Å². The van der Waals surface area contributed by atoms with Crippen LogP contribution in [0, 0.1) is 0 Å². The number of pyridine rings is 2. The summed E-state index contributed by atoms with van der Waals surface area (Å²) in [5.74, 6) is -0.226. The lowest BCUT2D eigenvalue weighted by atomic mass is 10.2. The molecule has 24 heavy (non-hydrogen) atoms. The van der Waals surface area contributed by atoms with Gasteiger partial charge in [-0.25, -0.2) is 9.97 Å². The molecule has 1 amide bonds. The van der Waals surface area contributed by atoms with E-state index >= 15 is 0 Å². The summed E-state index contributed by atoms with van der Waals surface area (Å²) in [6, 6.07) is 14.9. The fourth-order valence-electron chi connectivity index (χ4n) is 2.56. The predicted octanol–water partition coefficient (Wildman–Crippen LogP) is 3.47. The average Bonchev–Trinajstić information content (AvgIpc) is 3.01. The third-order valence-electron chi connectivity index (χ3n) is 3.73. The smallest absolute Gasteiger partial charge is 0.270 e. The van der Waals surface area contributed by atoms with Gasteiger partial charge in [0.1, 0.15) is 11.3 Å². The minimum Gasteiger partial charge on any atom is -0.345 e. The lowest BCUT2D eigenvalue weighted by Gasteiger charge is -2.04. The van der Waals surface area contributed by atoms with Gasteiger partial charge >= 0.3 is 0 Å². The Morgan fingerprint density at radius 1 is 1.04 bits per heavy atom. The molecule has 3 aromatic heterocycles. The molecule has 0 bridgehead atoms. The predicted molar refractivity (Wildman–Crippen MR) is 93.1 cm³/mol. The largest absolute Gasteiger partial charge is 0.345 e. The lowest BCUT2D eigenvalue weighted by molar-refractivity contribution is 0.0946. The molecule has 4 aromatic rings. The number of amides is 1. The number of halogens is 1. The molecule has 4 rings (SSSR count). The number of hydrogen-bond acceptors (Lipinski definition) is 3. The number of para-hydroxylation sites is 1. The second-order valence-electron chi connectivity index (χ2n) is 5.42. The van der Waals surface area contributed by atoms with Gasteiger partial charge in [-0.15, -0.1) is 0 Å². The highest BCUT2D eigenvalue weighted by molar-refractivity contribution is 6.30. The van der Waals surface area contributed by atoms with Crippen LogP contribution < -0.4 is 5.32 Å². The van der Waals surface area contributed by atoms with Crippen molar-refractivity contribution >= 4 is 34.1 Å². The second kappa shape index (κ2) is 5.94. The molecule has 3 heterocycles. The summed E-state index contributed by atoms with van der Waals surface area (Å²) >= 11 is 5.96. The molecule has 0 spiro atoms. The number of nitrogens with zero attached hydrogens (tertiary/aromatic N) is 3. The number of rotatable bonds is 3. The van der Waals surface area contributed by atoms with Crippen LogP contribution in [0.25, 0.3) is 16.6 Å². The Hall–Kier alpha value is -2.92. The van der Waals surface area contributed by atoms with Crippen LogP contribution >= 0.6 is 11.6 Å². The van der Waals surface area contributed by atoms with E-state index in [9.17, 15) is 4.79 Å². The first-order valence-corrected chi connectivity index (χ1v) is 7.84. The highest BCUT2D eigenvalue weighted by Gasteiger charge is 2.09. The highest BCUT2D eigenvalue weighted by Crippen LogP contribution is 2.13. The van der Waals surface area contributed by atoms with E-state index in [4.69, 9.17) is 11.6 Å². The summed E-state index contributed by atoms with van der Waals surface area (Å²) in [6.45, 7) is 0.326. The maximum absolute atomic E-state index is 12.3. The van der Waals surface area contributed by atoms with Gasteiger partial charge in [0.15, 0.2) is 0 Å². The summed E-state index contributed by atoms with van der Waals surface area (Å²) in [7, 11) is 0. The Bertz CT molecular complexity index is 1060. The first kappa shape index (κ1) is 14.7. The number of fused-ring (bicyclic) bond motifs is 2. The summed E-state index contributed by atoms with van der Waals surface area (Å²) in [5, 5.41) is 4.49. The van der Waals surface area contributed by atoms with Crippen LogP contribution in [0.15, 0.2) is 60.9 Å². The highest BCUT2D eigenvalue weighted by atomic mass is 35.5. The van der Waals surface area contributed by atoms with Gasteiger partial charge in [0.2, 0.25) is 0 Å². The van der Waals surface area contributed by atoms with E-state index < -0.39 is 0 Å². The fourth-order valence-corrected chi connectivity index (χ4v) is 2.72. The summed E-state index contributed by atoms with van der Waals surface area (Å²) in [4.78, 5) is 21.1. The maximum atomic E-state index is 12.3. The van der Waals surface area contributed by atoms with Gasteiger partial charge in [0.05, 0.1) is 22.8 Å². The molecule has 0 fully saturated rings. The Kier molecular flexibility index (Phi) is 3.63. The minimum atomic E-state index is -0.226. The van der Waals surface area contributed by atoms with E-state index in [1.165, 1.54) is 0 Å². The van der Waals surface area contributed by atoms with E-state index in [-0.39, 0.29) is 5.91 Å². The monoisotopic (exact) mass is 336 g/mol. The fraction of sp³-hybridized carbons (Fsp3) is 0.0556. The SMILES string of the molecule is O=C(NCc1cn2cc(Cl)ccc2n1)c1ccc2ccccc2n1. The van der Waals surface area contributed by atoms with Crippen molar-refractivity contribution < 1.29 is 4.79 Å². The molecular formula is C18H13ClN4O. The van der Waals surface area contributed by atoms with Gasteiger partial charge in [0.25, 0.3) is 5.91 Å². The Labute approximate surface area is 142 Å². The van der Waals surface area contributed by atoms with Crippen LogP contribution in [0.2, 0.25) is 5.02 Å². The first-order chi connectivity index (χ1) is 11.7. The lowest BCUT2D eigenvalue weighted by Crippen LogP contribution is -2.23. The Morgan fingerprint density at radius 2 is 1.92 bits per heavy atom. The van der Waals surface area contributed by atoms with Crippen LogP contribution in [0.4, 0.5) is 0 Å². The van der Waals surface area contributed by atoms with Crippen molar-refractivity contribution in [2.24, 2.45) is 0 Å². The van der Waals surface area contributed by atoms with Gasteiger partial charge in [-0.3, -0.25) is 4.79 Å². The molecule has 1 N–H and O–H groups in total. The molecular weight excluding hydrogens is 324 g/mol. The first-order valence-electron chi connectivity index (χ1n) is 7.46. The van der Waals surface area contributed by atoms with Gasteiger partial charge in [-0.1, -0.05) is 35.9 Å². The van der Waals surface area contributed by atoms with Gasteiger partial charge < -0.3 is 9.72 Å². The van der Waals surface area contributed by atoms with Gasteiger partial charge in [0, 0.05) is 17.8 Å². The number of carbonyl (C=O) groups is 1. The average molecular weight is 337 g/mol. The molecule has 1 aromatic carbocycles. The van der Waals surface area contributed by atoms with Crippen LogP contribution in [0.3, 0.4) is 0 Å². The normalized spacial score (nSPS) is 11.0. The minimum absolute atomic E-state index is 0.226. The zero-order valence-corrected chi connectivity index (χ0v) is 13.4. The number of carbonyl (C=O) groups excluding carboxylic acids is 1. The molecule has 0 radical (unpaired) electrons. The van der Waals surface area contributed by atoms with Crippen molar-refractivity contribution in [3.05, 3.63) is 77.3 Å². The standard InChI is InChI=1S/C18H13ClN4O/c19-13-6-8-17-21-14(11-23(17)10-13)9-20-18(24)16-7-5-12-3-1-2-4-15(12)22-16/h1-8,10-11H,9H2,(H,20,24). The van der Waals surface area contributed by atoms with Crippen molar-refractivity contribution in [3.63, 3.8) is 0 Å². The van der Waals surface area contributed by atoms with Crippen molar-refractivity contribution in [2.45, 2.75) is 6.54 Å². The Morgan fingerprint density at radius 3 is 2.83 bits per heavy atom. The molecule has 0 aliphatic heterocycles. The molecule has 0 saturated heterocycles. The summed E-state index contributed by atoms with van der Waals surface area (Å²) < 4.78 is 1.83. The number of imidazole rings is 1. The zero-order chi connectivity index (χ0) is 16.5. The molecule has 6 heteroatoms. The third-order valence-corrected chi connectivity index (χ3v) is 3.95. The summed E-state index contributed by atoms with van der Waals surface area (Å²) in [6.07, 6.45) is 3.62. The molecule has 0 atom stereocenters. The zero-order valence-electron chi connectivity index (χ0n) is 12.6. The van der Waals surface area contributed by atoms with Crippen molar-refractivity contribution in [1.82, 2.24) is 19.7 Å². The third kappa shape index (κ3) is 2.81. The van der Waals surface area contributed by atoms with E-state index in [2.05, 4.69) is 15.3 Å². The van der Waals surface area contributed by atoms with Crippen LogP contribution in [0.1, 0.15) is 16.2 Å². The van der Waals surface area contributed by atoms with E-state index in [1.54, 1.807) is 18.3 Å². The maximum Gasteiger partial charge on any atom is 0.270 e. The molecule has 0 aliphatic rings. The second-order valence-corrected chi connectivity index (χ2v) is 5.85. The summed E-state index contributed by atoms with van der Waals surface area (Å²) in [5.41, 5.74) is 2.73. The van der Waals surface area contributed by atoms with Gasteiger partial charge in [-0.05, 0) is 24.3 Å². The molecule has 0 saturated carbocycles. The molecule has 0 aliphatic carbocycles. The van der Waals surface area contributed by atoms with Crippen molar-refractivity contribution in [3.8, 4) is 0 Å².